The second-order valence-electron chi connectivity index (χ2n) is 9.29. The molecule has 0 radical (unpaired) electrons. The molecule has 0 atom stereocenters. The van der Waals surface area contributed by atoms with Crippen molar-refractivity contribution in [2.24, 2.45) is 0 Å². The highest BCUT2D eigenvalue weighted by molar-refractivity contribution is 7.86. The van der Waals surface area contributed by atoms with Crippen LogP contribution in [0.5, 0.6) is 0 Å². The lowest BCUT2D eigenvalue weighted by atomic mass is 9.95. The fraction of sp³-hybridized carbons (Fsp3) is 0.643. The molecule has 0 heterocycles. The lowest BCUT2D eigenvalue weighted by Gasteiger charge is -2.15. The van der Waals surface area contributed by atoms with Crippen LogP contribution < -0.4 is 0 Å². The normalized spacial score (nSPS) is 12.0. The lowest BCUT2D eigenvalue weighted by Crippen LogP contribution is -2.06. The summed E-state index contributed by atoms with van der Waals surface area (Å²) in [7, 11) is -4.28. The Morgan fingerprint density at radius 3 is 1.66 bits per heavy atom. The van der Waals surface area contributed by atoms with Crippen molar-refractivity contribution in [1.29, 1.82) is 0 Å². The van der Waals surface area contributed by atoms with E-state index in [1.165, 1.54) is 70.6 Å². The highest BCUT2D eigenvalue weighted by Crippen LogP contribution is 2.32. The van der Waals surface area contributed by atoms with Crippen molar-refractivity contribution in [1.82, 2.24) is 0 Å². The van der Waals surface area contributed by atoms with Crippen LogP contribution in [0.25, 0.3) is 10.8 Å². The Hall–Kier alpha value is -1.39. The Morgan fingerprint density at radius 2 is 1.12 bits per heavy atom. The molecule has 32 heavy (non-hydrogen) atoms. The van der Waals surface area contributed by atoms with Gasteiger partial charge in [0.2, 0.25) is 0 Å². The first-order chi connectivity index (χ1) is 15.5. The van der Waals surface area contributed by atoms with Gasteiger partial charge < -0.3 is 0 Å². The molecule has 2 aromatic carbocycles. The first kappa shape index (κ1) is 26.9. The molecule has 0 spiro atoms. The maximum Gasteiger partial charge on any atom is 0.295 e. The molecule has 0 unspecified atom stereocenters. The molecule has 3 nitrogen and oxygen atoms in total. The molecule has 2 aromatic rings. The van der Waals surface area contributed by atoms with Crippen molar-refractivity contribution in [3.8, 4) is 0 Å². The second-order valence-corrected chi connectivity index (χ2v) is 10.6. The molecule has 0 aromatic heterocycles. The predicted octanol–water partition coefficient (Wildman–Crippen LogP) is 8.67. The molecular formula is C28H44O3S. The highest BCUT2D eigenvalue weighted by atomic mass is 32.2. The van der Waals surface area contributed by atoms with Gasteiger partial charge in [0.05, 0.1) is 0 Å². The zero-order valence-electron chi connectivity index (χ0n) is 20.4. The molecule has 4 heteroatoms. The van der Waals surface area contributed by atoms with Crippen molar-refractivity contribution >= 4 is 20.9 Å². The summed E-state index contributed by atoms with van der Waals surface area (Å²) >= 11 is 0. The Bertz CT molecular complexity index is 902. The Kier molecular flexibility index (Phi) is 12.3. The van der Waals surface area contributed by atoms with E-state index in [1.807, 2.05) is 30.3 Å². The van der Waals surface area contributed by atoms with Gasteiger partial charge in [-0.1, -0.05) is 121 Å². The van der Waals surface area contributed by atoms with Crippen LogP contribution in [0.2, 0.25) is 0 Å². The van der Waals surface area contributed by atoms with Crippen LogP contribution in [-0.2, 0) is 23.0 Å². The molecule has 0 amide bonds. The summed E-state index contributed by atoms with van der Waals surface area (Å²) < 4.78 is 35.1. The monoisotopic (exact) mass is 460 g/mol. The lowest BCUT2D eigenvalue weighted by molar-refractivity contribution is 0.482. The Labute approximate surface area is 196 Å². The quantitative estimate of drug-likeness (QED) is 0.190. The van der Waals surface area contributed by atoms with E-state index in [9.17, 15) is 13.0 Å². The molecule has 0 aliphatic carbocycles. The van der Waals surface area contributed by atoms with E-state index in [0.717, 1.165) is 47.6 Å². The van der Waals surface area contributed by atoms with Crippen LogP contribution in [0.3, 0.4) is 0 Å². The third kappa shape index (κ3) is 8.86. The van der Waals surface area contributed by atoms with Crippen LogP contribution in [-0.4, -0.2) is 13.0 Å². The average molecular weight is 461 g/mol. The average Bonchev–Trinajstić information content (AvgIpc) is 2.77. The third-order valence-electron chi connectivity index (χ3n) is 6.52. The number of fused-ring (bicyclic) bond motifs is 1. The number of rotatable bonds is 17. The SMILES string of the molecule is CCCCCCCCCc1ccc2cccc(CCCCCCCCC)c2c1S(=O)(=O)O. The van der Waals surface area contributed by atoms with Crippen LogP contribution in [0.15, 0.2) is 35.2 Å². The van der Waals surface area contributed by atoms with E-state index >= 15 is 0 Å². The molecule has 0 saturated carbocycles. The Morgan fingerprint density at radius 1 is 0.625 bits per heavy atom. The predicted molar refractivity (Wildman–Crippen MR) is 137 cm³/mol. The standard InChI is InChI=1S/C28H44O3S/c1-3-5-7-9-11-13-15-18-24-20-17-21-25-22-23-26(28(27(24)25)32(29,30)31)19-16-14-12-10-8-6-4-2/h17,20-23H,3-16,18-19H2,1-2H3,(H,29,30,31). The fourth-order valence-corrected chi connectivity index (χ4v) is 5.72. The van der Waals surface area contributed by atoms with Gasteiger partial charge in [-0.05, 0) is 42.2 Å². The molecule has 2 rings (SSSR count). The zero-order chi connectivity index (χ0) is 23.2. The van der Waals surface area contributed by atoms with Gasteiger partial charge in [-0.15, -0.1) is 0 Å². The number of aryl methyl sites for hydroxylation is 2. The van der Waals surface area contributed by atoms with Crippen molar-refractivity contribution in [3.05, 3.63) is 41.5 Å². The smallest absolute Gasteiger partial charge is 0.282 e. The highest BCUT2D eigenvalue weighted by Gasteiger charge is 2.21. The molecule has 0 saturated heterocycles. The molecule has 0 aliphatic rings. The molecule has 0 bridgehead atoms. The van der Waals surface area contributed by atoms with E-state index in [4.69, 9.17) is 0 Å². The summed E-state index contributed by atoms with van der Waals surface area (Å²) in [5, 5.41) is 1.64. The van der Waals surface area contributed by atoms with E-state index in [1.54, 1.807) is 0 Å². The first-order valence-electron chi connectivity index (χ1n) is 13.0. The van der Waals surface area contributed by atoms with Gasteiger partial charge in [0, 0.05) is 5.39 Å². The zero-order valence-corrected chi connectivity index (χ0v) is 21.2. The van der Waals surface area contributed by atoms with Gasteiger partial charge in [-0.3, -0.25) is 4.55 Å². The van der Waals surface area contributed by atoms with E-state index in [2.05, 4.69) is 13.8 Å². The number of hydrogen-bond acceptors (Lipinski definition) is 2. The summed E-state index contributed by atoms with van der Waals surface area (Å²) in [6, 6.07) is 9.92. The van der Waals surface area contributed by atoms with Crippen LogP contribution in [0.1, 0.15) is 115 Å². The van der Waals surface area contributed by atoms with E-state index < -0.39 is 10.1 Å². The Balaban J connectivity index is 2.10. The topological polar surface area (TPSA) is 54.4 Å². The number of benzene rings is 2. The van der Waals surface area contributed by atoms with Crippen LogP contribution in [0.4, 0.5) is 0 Å². The van der Waals surface area contributed by atoms with Gasteiger partial charge in [-0.2, -0.15) is 8.42 Å². The third-order valence-corrected chi connectivity index (χ3v) is 7.51. The summed E-state index contributed by atoms with van der Waals surface area (Å²) in [5.41, 5.74) is 1.81. The molecular weight excluding hydrogens is 416 g/mol. The minimum Gasteiger partial charge on any atom is -0.282 e. The summed E-state index contributed by atoms with van der Waals surface area (Å²) in [5.74, 6) is 0. The van der Waals surface area contributed by atoms with Crippen molar-refractivity contribution in [2.75, 3.05) is 0 Å². The molecule has 1 N–H and O–H groups in total. The second kappa shape index (κ2) is 14.7. The van der Waals surface area contributed by atoms with Crippen molar-refractivity contribution < 1.29 is 13.0 Å². The summed E-state index contributed by atoms with van der Waals surface area (Å²) in [6.07, 6.45) is 18.5. The number of hydrogen-bond donors (Lipinski definition) is 1. The molecule has 180 valence electrons. The largest absolute Gasteiger partial charge is 0.295 e. The van der Waals surface area contributed by atoms with Gasteiger partial charge in [-0.25, -0.2) is 0 Å². The molecule has 0 fully saturated rings. The summed E-state index contributed by atoms with van der Waals surface area (Å²) in [6.45, 7) is 4.45. The van der Waals surface area contributed by atoms with Gasteiger partial charge >= 0.3 is 0 Å². The van der Waals surface area contributed by atoms with Crippen LogP contribution in [0, 0.1) is 0 Å². The van der Waals surface area contributed by atoms with Gasteiger partial charge in [0.1, 0.15) is 4.90 Å². The molecule has 0 aliphatic heterocycles. The van der Waals surface area contributed by atoms with Gasteiger partial charge in [0.15, 0.2) is 0 Å². The minimum absolute atomic E-state index is 0.152. The maximum atomic E-state index is 12.5. The fourth-order valence-electron chi connectivity index (χ4n) is 4.71. The van der Waals surface area contributed by atoms with Crippen molar-refractivity contribution in [2.45, 2.75) is 121 Å². The van der Waals surface area contributed by atoms with E-state index in [0.29, 0.717) is 6.42 Å². The van der Waals surface area contributed by atoms with Gasteiger partial charge in [0.25, 0.3) is 10.1 Å². The van der Waals surface area contributed by atoms with E-state index in [-0.39, 0.29) is 4.90 Å². The van der Waals surface area contributed by atoms with Crippen LogP contribution >= 0.6 is 0 Å². The van der Waals surface area contributed by atoms with Crippen molar-refractivity contribution in [3.63, 3.8) is 0 Å². The number of unbranched alkanes of at least 4 members (excludes halogenated alkanes) is 12. The summed E-state index contributed by atoms with van der Waals surface area (Å²) in [4.78, 5) is 0.152. The first-order valence-corrected chi connectivity index (χ1v) is 14.4. The minimum atomic E-state index is -4.28. The maximum absolute atomic E-state index is 12.5.